The number of benzene rings is 1. The Kier molecular flexibility index (Phi) is 2.67. The molecular formula is C10H13BrN2. The Morgan fingerprint density at radius 1 is 1.54 bits per heavy atom. The molecule has 1 aliphatic heterocycles. The summed E-state index contributed by atoms with van der Waals surface area (Å²) in [5, 5.41) is 3.37. The summed E-state index contributed by atoms with van der Waals surface area (Å²) in [6, 6.07) is 6.34. The van der Waals surface area contributed by atoms with E-state index in [2.05, 4.69) is 39.4 Å². The molecule has 1 aromatic rings. The molecule has 0 radical (unpaired) electrons. The van der Waals surface area contributed by atoms with Crippen LogP contribution in [0.15, 0.2) is 22.7 Å². The molecule has 0 bridgehead atoms. The van der Waals surface area contributed by atoms with Crippen LogP contribution in [0.25, 0.3) is 0 Å². The van der Waals surface area contributed by atoms with Crippen LogP contribution in [0.4, 0.5) is 0 Å². The highest BCUT2D eigenvalue weighted by Gasteiger charge is 2.19. The van der Waals surface area contributed by atoms with Crippen LogP contribution in [0.2, 0.25) is 0 Å². The van der Waals surface area contributed by atoms with E-state index < -0.39 is 0 Å². The molecule has 1 atom stereocenters. The minimum absolute atomic E-state index is 0.473. The first-order chi connectivity index (χ1) is 6.33. The van der Waals surface area contributed by atoms with Crippen molar-refractivity contribution in [2.45, 2.75) is 12.5 Å². The van der Waals surface area contributed by atoms with E-state index in [9.17, 15) is 0 Å². The van der Waals surface area contributed by atoms with Gasteiger partial charge in [-0.1, -0.05) is 28.1 Å². The fourth-order valence-electron chi connectivity index (χ4n) is 1.84. The lowest BCUT2D eigenvalue weighted by Crippen LogP contribution is -2.32. The van der Waals surface area contributed by atoms with Crippen molar-refractivity contribution >= 4 is 15.9 Å². The fourth-order valence-corrected chi connectivity index (χ4v) is 2.36. The first-order valence-electron chi connectivity index (χ1n) is 4.51. The van der Waals surface area contributed by atoms with Crippen LogP contribution < -0.4 is 11.1 Å². The Hall–Kier alpha value is -0.380. The molecule has 2 nitrogen and oxygen atoms in total. The Bertz CT molecular complexity index is 312. The van der Waals surface area contributed by atoms with Crippen molar-refractivity contribution in [3.05, 3.63) is 33.8 Å². The van der Waals surface area contributed by atoms with E-state index in [-0.39, 0.29) is 0 Å². The van der Waals surface area contributed by atoms with Crippen LogP contribution in [0.5, 0.6) is 0 Å². The van der Waals surface area contributed by atoms with Gasteiger partial charge in [-0.15, -0.1) is 0 Å². The SMILES string of the molecule is NCC1CNCc2c(Br)cccc21. The Balaban J connectivity index is 2.45. The van der Waals surface area contributed by atoms with Crippen molar-refractivity contribution in [2.24, 2.45) is 5.73 Å². The molecule has 0 aromatic heterocycles. The highest BCUT2D eigenvalue weighted by molar-refractivity contribution is 9.10. The minimum Gasteiger partial charge on any atom is -0.330 e. The van der Waals surface area contributed by atoms with Crippen LogP contribution >= 0.6 is 15.9 Å². The van der Waals surface area contributed by atoms with E-state index in [1.807, 2.05) is 0 Å². The second-order valence-corrected chi connectivity index (χ2v) is 4.23. The average molecular weight is 241 g/mol. The van der Waals surface area contributed by atoms with Crippen molar-refractivity contribution in [1.82, 2.24) is 5.32 Å². The Labute approximate surface area is 86.6 Å². The van der Waals surface area contributed by atoms with E-state index in [1.165, 1.54) is 15.6 Å². The van der Waals surface area contributed by atoms with E-state index in [0.717, 1.165) is 19.6 Å². The van der Waals surface area contributed by atoms with Crippen LogP contribution in [0, 0.1) is 0 Å². The standard InChI is InChI=1S/C10H13BrN2/c11-10-3-1-2-8-7(4-12)5-13-6-9(8)10/h1-3,7,13H,4-6,12H2. The van der Waals surface area contributed by atoms with Crippen LogP contribution in [-0.4, -0.2) is 13.1 Å². The third kappa shape index (κ3) is 1.64. The highest BCUT2D eigenvalue weighted by Crippen LogP contribution is 2.28. The van der Waals surface area contributed by atoms with Gasteiger partial charge in [-0.3, -0.25) is 0 Å². The molecular weight excluding hydrogens is 228 g/mol. The van der Waals surface area contributed by atoms with Gasteiger partial charge in [-0.2, -0.15) is 0 Å². The van der Waals surface area contributed by atoms with Crippen molar-refractivity contribution in [3.8, 4) is 0 Å². The van der Waals surface area contributed by atoms with Gasteiger partial charge in [0.2, 0.25) is 0 Å². The van der Waals surface area contributed by atoms with Gasteiger partial charge in [-0.25, -0.2) is 0 Å². The average Bonchev–Trinajstić information content (AvgIpc) is 2.18. The molecule has 0 amide bonds. The molecule has 3 heteroatoms. The molecule has 13 heavy (non-hydrogen) atoms. The zero-order chi connectivity index (χ0) is 9.26. The monoisotopic (exact) mass is 240 g/mol. The molecule has 0 aliphatic carbocycles. The summed E-state index contributed by atoms with van der Waals surface area (Å²) in [7, 11) is 0. The van der Waals surface area contributed by atoms with E-state index in [4.69, 9.17) is 5.73 Å². The predicted octanol–water partition coefficient (Wildman–Crippen LogP) is 1.59. The van der Waals surface area contributed by atoms with Gasteiger partial charge < -0.3 is 11.1 Å². The second kappa shape index (κ2) is 3.78. The summed E-state index contributed by atoms with van der Waals surface area (Å²) in [6.45, 7) is 2.67. The predicted molar refractivity (Wildman–Crippen MR) is 57.6 cm³/mol. The molecule has 0 fully saturated rings. The van der Waals surface area contributed by atoms with Crippen LogP contribution in [0.3, 0.4) is 0 Å². The molecule has 70 valence electrons. The van der Waals surface area contributed by atoms with Crippen molar-refractivity contribution < 1.29 is 0 Å². The molecule has 1 aromatic carbocycles. The summed E-state index contributed by atoms with van der Waals surface area (Å²) < 4.78 is 1.19. The summed E-state index contributed by atoms with van der Waals surface area (Å²) in [5.41, 5.74) is 8.48. The number of rotatable bonds is 1. The lowest BCUT2D eigenvalue weighted by atomic mass is 9.91. The highest BCUT2D eigenvalue weighted by atomic mass is 79.9. The van der Waals surface area contributed by atoms with Gasteiger partial charge in [0.25, 0.3) is 0 Å². The third-order valence-electron chi connectivity index (χ3n) is 2.57. The maximum absolute atomic E-state index is 5.71. The zero-order valence-electron chi connectivity index (χ0n) is 7.39. The largest absolute Gasteiger partial charge is 0.330 e. The van der Waals surface area contributed by atoms with E-state index >= 15 is 0 Å². The molecule has 2 rings (SSSR count). The first kappa shape index (κ1) is 9.19. The lowest BCUT2D eigenvalue weighted by Gasteiger charge is -2.26. The number of hydrogen-bond acceptors (Lipinski definition) is 2. The number of fused-ring (bicyclic) bond motifs is 1. The third-order valence-corrected chi connectivity index (χ3v) is 3.31. The molecule has 1 heterocycles. The molecule has 1 unspecified atom stereocenters. The normalized spacial score (nSPS) is 21.2. The number of nitrogens with one attached hydrogen (secondary N) is 1. The van der Waals surface area contributed by atoms with Crippen molar-refractivity contribution in [3.63, 3.8) is 0 Å². The van der Waals surface area contributed by atoms with Crippen LogP contribution in [0.1, 0.15) is 17.0 Å². The fraction of sp³-hybridized carbons (Fsp3) is 0.400. The number of hydrogen-bond donors (Lipinski definition) is 2. The second-order valence-electron chi connectivity index (χ2n) is 3.37. The summed E-state index contributed by atoms with van der Waals surface area (Å²) in [5.74, 6) is 0.473. The molecule has 3 N–H and O–H groups in total. The molecule has 0 spiro atoms. The van der Waals surface area contributed by atoms with Gasteiger partial charge >= 0.3 is 0 Å². The number of nitrogens with two attached hydrogens (primary N) is 1. The maximum atomic E-state index is 5.71. The van der Waals surface area contributed by atoms with Crippen molar-refractivity contribution in [1.29, 1.82) is 0 Å². The topological polar surface area (TPSA) is 38.0 Å². The smallest absolute Gasteiger partial charge is 0.0223 e. The molecule has 0 saturated carbocycles. The number of halogens is 1. The summed E-state index contributed by atoms with van der Waals surface area (Å²) in [6.07, 6.45) is 0. The summed E-state index contributed by atoms with van der Waals surface area (Å²) >= 11 is 3.56. The van der Waals surface area contributed by atoms with E-state index in [0.29, 0.717) is 5.92 Å². The van der Waals surface area contributed by atoms with E-state index in [1.54, 1.807) is 0 Å². The van der Waals surface area contributed by atoms with Gasteiger partial charge in [0.15, 0.2) is 0 Å². The first-order valence-corrected chi connectivity index (χ1v) is 5.30. The van der Waals surface area contributed by atoms with Crippen molar-refractivity contribution in [2.75, 3.05) is 13.1 Å². The van der Waals surface area contributed by atoms with Gasteiger partial charge in [0.1, 0.15) is 0 Å². The van der Waals surface area contributed by atoms with Gasteiger partial charge in [0.05, 0.1) is 0 Å². The molecule has 0 saturated heterocycles. The zero-order valence-corrected chi connectivity index (χ0v) is 8.97. The quantitative estimate of drug-likeness (QED) is 0.783. The Morgan fingerprint density at radius 3 is 3.15 bits per heavy atom. The minimum atomic E-state index is 0.473. The maximum Gasteiger partial charge on any atom is 0.0223 e. The van der Waals surface area contributed by atoms with Gasteiger partial charge in [0, 0.05) is 30.0 Å². The Morgan fingerprint density at radius 2 is 2.38 bits per heavy atom. The summed E-state index contributed by atoms with van der Waals surface area (Å²) in [4.78, 5) is 0. The van der Waals surface area contributed by atoms with Crippen LogP contribution in [-0.2, 0) is 6.54 Å². The lowest BCUT2D eigenvalue weighted by molar-refractivity contribution is 0.546. The molecule has 1 aliphatic rings. The van der Waals surface area contributed by atoms with Gasteiger partial charge in [-0.05, 0) is 17.2 Å².